The minimum atomic E-state index is 0. The Morgan fingerprint density at radius 2 is 1.29 bits per heavy atom. The van der Waals surface area contributed by atoms with Gasteiger partial charge in [0.2, 0.25) is 0 Å². The van der Waals surface area contributed by atoms with Gasteiger partial charge < -0.3 is 0 Å². The van der Waals surface area contributed by atoms with Crippen LogP contribution in [0.3, 0.4) is 0 Å². The van der Waals surface area contributed by atoms with Crippen LogP contribution in [0, 0.1) is 0 Å². The van der Waals surface area contributed by atoms with E-state index < -0.39 is 0 Å². The van der Waals surface area contributed by atoms with Gasteiger partial charge in [0.1, 0.15) is 0 Å². The maximum Gasteiger partial charge on any atom is 0 e. The molecule has 0 atom stereocenters. The van der Waals surface area contributed by atoms with Crippen LogP contribution in [0.15, 0.2) is 47.6 Å². The van der Waals surface area contributed by atoms with Gasteiger partial charge in [-0.15, -0.1) is 24.8 Å². The third-order valence-corrected chi connectivity index (χ3v) is 2.15. The molecule has 76 valence electrons. The predicted octanol–water partition coefficient (Wildman–Crippen LogP) is 3.99. The van der Waals surface area contributed by atoms with Crippen LogP contribution in [0.1, 0.15) is 19.3 Å². The molecule has 0 radical (unpaired) electrons. The van der Waals surface area contributed by atoms with Crippen molar-refractivity contribution in [2.45, 2.75) is 19.3 Å². The monoisotopic (exact) mass is 396 g/mol. The van der Waals surface area contributed by atoms with Gasteiger partial charge in [-0.25, -0.2) is 0 Å². The summed E-state index contributed by atoms with van der Waals surface area (Å²) in [4.78, 5) is 0. The van der Waals surface area contributed by atoms with Crippen molar-refractivity contribution in [2.75, 3.05) is 0 Å². The fraction of sp³-hybridized carbons (Fsp3) is 0.273. The Balaban J connectivity index is 0. The molecular formula is C11H14Cl2Hf. The zero-order valence-electron chi connectivity index (χ0n) is 7.90. The standard InChI is InChI=1S/C11H12.2ClH.Hf/c1-2-6-10(5-1)9-11-7-3-4-8-11;;;/h1-5,7H,6,8-9H2;2*1H;. The molecule has 0 amide bonds. The van der Waals surface area contributed by atoms with Crippen molar-refractivity contribution in [2.24, 2.45) is 0 Å². The molecule has 2 aliphatic carbocycles. The summed E-state index contributed by atoms with van der Waals surface area (Å²) in [5, 5.41) is 0. The van der Waals surface area contributed by atoms with E-state index in [0.29, 0.717) is 0 Å². The van der Waals surface area contributed by atoms with Gasteiger partial charge in [0.05, 0.1) is 0 Å². The van der Waals surface area contributed by atoms with Crippen molar-refractivity contribution < 1.29 is 25.8 Å². The van der Waals surface area contributed by atoms with Crippen LogP contribution in [0.4, 0.5) is 0 Å². The zero-order chi connectivity index (χ0) is 7.52. The molecule has 2 aliphatic rings. The van der Waals surface area contributed by atoms with E-state index in [1.54, 1.807) is 11.1 Å². The molecule has 0 aliphatic heterocycles. The van der Waals surface area contributed by atoms with Crippen molar-refractivity contribution in [3.63, 3.8) is 0 Å². The Labute approximate surface area is 117 Å². The molecule has 0 aromatic carbocycles. The summed E-state index contributed by atoms with van der Waals surface area (Å²) in [6, 6.07) is 0. The summed E-state index contributed by atoms with van der Waals surface area (Å²) in [6.07, 6.45) is 16.7. The van der Waals surface area contributed by atoms with Crippen molar-refractivity contribution in [3.8, 4) is 0 Å². The molecule has 14 heavy (non-hydrogen) atoms. The number of rotatable bonds is 2. The average Bonchev–Trinajstić information content (AvgIpc) is 2.60. The molecule has 0 bridgehead atoms. The topological polar surface area (TPSA) is 0 Å². The van der Waals surface area contributed by atoms with E-state index in [4.69, 9.17) is 0 Å². The second-order valence-electron chi connectivity index (χ2n) is 3.09. The molecule has 0 aromatic heterocycles. The van der Waals surface area contributed by atoms with Crippen LogP contribution < -0.4 is 0 Å². The van der Waals surface area contributed by atoms with Crippen LogP contribution in [0.2, 0.25) is 0 Å². The molecule has 3 heteroatoms. The smallest absolute Gasteiger partial charge is 0 e. The van der Waals surface area contributed by atoms with E-state index in [2.05, 4.69) is 36.5 Å². The van der Waals surface area contributed by atoms with Crippen molar-refractivity contribution in [1.29, 1.82) is 0 Å². The van der Waals surface area contributed by atoms with Crippen molar-refractivity contribution >= 4 is 24.8 Å². The molecular weight excluding hydrogens is 382 g/mol. The van der Waals surface area contributed by atoms with Crippen LogP contribution >= 0.6 is 24.8 Å². The first-order chi connectivity index (χ1) is 5.45. The summed E-state index contributed by atoms with van der Waals surface area (Å²) >= 11 is 0. The largest absolute Gasteiger partial charge is 0.147 e. The normalized spacial score (nSPS) is 16.3. The molecule has 0 N–H and O–H groups in total. The first kappa shape index (κ1) is 16.8. The average molecular weight is 396 g/mol. The summed E-state index contributed by atoms with van der Waals surface area (Å²) in [7, 11) is 0. The Morgan fingerprint density at radius 1 is 0.857 bits per heavy atom. The number of hydrogen-bond acceptors (Lipinski definition) is 0. The van der Waals surface area contributed by atoms with Crippen LogP contribution in [-0.2, 0) is 25.8 Å². The summed E-state index contributed by atoms with van der Waals surface area (Å²) < 4.78 is 0. The third-order valence-electron chi connectivity index (χ3n) is 2.15. The Hall–Kier alpha value is 0.410. The molecule has 0 nitrogen and oxygen atoms in total. The minimum absolute atomic E-state index is 0. The number of allylic oxidation sites excluding steroid dienone is 8. The number of hydrogen-bond donors (Lipinski definition) is 0. The van der Waals surface area contributed by atoms with Crippen LogP contribution in [-0.4, -0.2) is 0 Å². The van der Waals surface area contributed by atoms with Crippen molar-refractivity contribution in [1.82, 2.24) is 0 Å². The fourth-order valence-electron chi connectivity index (χ4n) is 1.54. The van der Waals surface area contributed by atoms with E-state index in [1.165, 1.54) is 6.42 Å². The Kier molecular flexibility index (Phi) is 10.5. The van der Waals surface area contributed by atoms with Gasteiger partial charge in [-0.05, 0) is 19.3 Å². The van der Waals surface area contributed by atoms with Gasteiger partial charge in [-0.3, -0.25) is 0 Å². The van der Waals surface area contributed by atoms with Crippen molar-refractivity contribution in [3.05, 3.63) is 47.6 Å². The van der Waals surface area contributed by atoms with Crippen LogP contribution in [0.25, 0.3) is 0 Å². The van der Waals surface area contributed by atoms with E-state index >= 15 is 0 Å². The quantitative estimate of drug-likeness (QED) is 0.620. The maximum atomic E-state index is 2.24. The zero-order valence-corrected chi connectivity index (χ0v) is 13.1. The molecule has 0 spiro atoms. The second-order valence-corrected chi connectivity index (χ2v) is 3.09. The van der Waals surface area contributed by atoms with Gasteiger partial charge in [0.15, 0.2) is 0 Å². The van der Waals surface area contributed by atoms with Gasteiger partial charge >= 0.3 is 0 Å². The minimum Gasteiger partial charge on any atom is -0.147 e. The van der Waals surface area contributed by atoms with Gasteiger partial charge in [-0.2, -0.15) is 0 Å². The molecule has 0 fully saturated rings. The molecule has 0 heterocycles. The summed E-state index contributed by atoms with van der Waals surface area (Å²) in [5.41, 5.74) is 3.11. The van der Waals surface area contributed by atoms with Crippen LogP contribution in [0.5, 0.6) is 0 Å². The third kappa shape index (κ3) is 4.77. The van der Waals surface area contributed by atoms with E-state index in [1.807, 2.05) is 0 Å². The maximum absolute atomic E-state index is 2.24. The predicted molar refractivity (Wildman–Crippen MR) is 62.8 cm³/mol. The molecule has 0 aromatic rings. The summed E-state index contributed by atoms with van der Waals surface area (Å²) in [5.74, 6) is 0. The fourth-order valence-corrected chi connectivity index (χ4v) is 1.54. The van der Waals surface area contributed by atoms with E-state index in [9.17, 15) is 0 Å². The van der Waals surface area contributed by atoms with Gasteiger partial charge in [-0.1, -0.05) is 47.6 Å². The second kappa shape index (κ2) is 8.70. The molecule has 2 rings (SSSR count). The van der Waals surface area contributed by atoms with E-state index in [-0.39, 0.29) is 50.7 Å². The number of halogens is 2. The SMILES string of the molecule is C1=CCC(CC2=CC=CC2)=C1.Cl.Cl.[Hf]. The summed E-state index contributed by atoms with van der Waals surface area (Å²) in [6.45, 7) is 0. The van der Waals surface area contributed by atoms with E-state index in [0.717, 1.165) is 12.8 Å². The Bertz CT molecular complexity index is 247. The first-order valence-electron chi connectivity index (χ1n) is 4.14. The molecule has 0 saturated heterocycles. The molecule has 0 saturated carbocycles. The Morgan fingerprint density at radius 3 is 1.57 bits per heavy atom. The van der Waals surface area contributed by atoms with Gasteiger partial charge in [0, 0.05) is 25.8 Å². The molecule has 0 unspecified atom stereocenters. The first-order valence-corrected chi connectivity index (χ1v) is 4.14. The van der Waals surface area contributed by atoms with Gasteiger partial charge in [0.25, 0.3) is 0 Å².